The van der Waals surface area contributed by atoms with Crippen LogP contribution >= 0.6 is 0 Å². The molecule has 0 radical (unpaired) electrons. The van der Waals surface area contributed by atoms with Crippen LogP contribution in [0.3, 0.4) is 0 Å². The lowest BCUT2D eigenvalue weighted by molar-refractivity contribution is -0.522. The van der Waals surface area contributed by atoms with Gasteiger partial charge in [-0.15, -0.1) is 0 Å². The monoisotopic (exact) mass is 190 g/mol. The summed E-state index contributed by atoms with van der Waals surface area (Å²) in [5.74, 6) is -0.984. The fourth-order valence-electron chi connectivity index (χ4n) is 0.718. The standard InChI is InChI=1S/C8H14O5/c1-7(2,3)11-6(9)12-8(4)5-10-13-8/h5H2,1-4H3. The van der Waals surface area contributed by atoms with Crippen molar-refractivity contribution in [3.8, 4) is 0 Å². The van der Waals surface area contributed by atoms with Gasteiger partial charge in [-0.3, -0.25) is 0 Å². The van der Waals surface area contributed by atoms with Crippen LogP contribution in [0.5, 0.6) is 0 Å². The highest BCUT2D eigenvalue weighted by atomic mass is 17.3. The molecule has 76 valence electrons. The molecule has 13 heavy (non-hydrogen) atoms. The number of carbonyl (C=O) groups excluding carboxylic acids is 1. The minimum absolute atomic E-state index is 0.228. The maximum absolute atomic E-state index is 11.1. The zero-order valence-electron chi connectivity index (χ0n) is 8.25. The Balaban J connectivity index is 2.33. The lowest BCUT2D eigenvalue weighted by atomic mass is 10.2. The average Bonchev–Trinajstić information content (AvgIpc) is 1.79. The van der Waals surface area contributed by atoms with Gasteiger partial charge in [-0.2, -0.15) is 4.89 Å². The van der Waals surface area contributed by atoms with E-state index in [9.17, 15) is 4.79 Å². The molecule has 0 aromatic carbocycles. The highest BCUT2D eigenvalue weighted by Crippen LogP contribution is 2.24. The Morgan fingerprint density at radius 1 is 1.46 bits per heavy atom. The molecule has 0 aromatic rings. The van der Waals surface area contributed by atoms with Gasteiger partial charge in [-0.05, 0) is 20.8 Å². The van der Waals surface area contributed by atoms with Crippen LogP contribution in [0, 0.1) is 0 Å². The molecule has 0 N–H and O–H groups in total. The van der Waals surface area contributed by atoms with E-state index in [1.807, 2.05) is 0 Å². The van der Waals surface area contributed by atoms with Gasteiger partial charge in [0.15, 0.2) is 6.61 Å². The topological polar surface area (TPSA) is 54.0 Å². The van der Waals surface area contributed by atoms with Crippen molar-refractivity contribution in [2.45, 2.75) is 39.1 Å². The summed E-state index contributed by atoms with van der Waals surface area (Å²) in [4.78, 5) is 20.1. The van der Waals surface area contributed by atoms with E-state index >= 15 is 0 Å². The third kappa shape index (κ3) is 3.20. The van der Waals surface area contributed by atoms with E-state index in [0.29, 0.717) is 0 Å². The minimum Gasteiger partial charge on any atom is -0.428 e. The van der Waals surface area contributed by atoms with Crippen LogP contribution in [-0.2, 0) is 19.2 Å². The van der Waals surface area contributed by atoms with Crippen LogP contribution in [0.2, 0.25) is 0 Å². The molecule has 0 bridgehead atoms. The maximum Gasteiger partial charge on any atom is 0.511 e. The van der Waals surface area contributed by atoms with E-state index in [1.165, 1.54) is 0 Å². The summed E-state index contributed by atoms with van der Waals surface area (Å²) >= 11 is 0. The quantitative estimate of drug-likeness (QED) is 0.464. The van der Waals surface area contributed by atoms with Gasteiger partial charge in [-0.25, -0.2) is 9.68 Å². The molecule has 5 heteroatoms. The smallest absolute Gasteiger partial charge is 0.428 e. The molecule has 0 amide bonds. The Kier molecular flexibility index (Phi) is 2.49. The molecule has 0 aliphatic carbocycles. The molecule has 1 fully saturated rings. The third-order valence-corrected chi connectivity index (χ3v) is 1.25. The van der Waals surface area contributed by atoms with E-state index in [-0.39, 0.29) is 6.61 Å². The van der Waals surface area contributed by atoms with Gasteiger partial charge in [0.1, 0.15) is 5.60 Å². The highest BCUT2D eigenvalue weighted by molar-refractivity contribution is 5.61. The summed E-state index contributed by atoms with van der Waals surface area (Å²) in [6.45, 7) is 7.10. The Labute approximate surface area is 76.8 Å². The largest absolute Gasteiger partial charge is 0.511 e. The van der Waals surface area contributed by atoms with Gasteiger partial charge in [-0.1, -0.05) is 0 Å². The third-order valence-electron chi connectivity index (χ3n) is 1.25. The molecular formula is C8H14O5. The van der Waals surface area contributed by atoms with Crippen LogP contribution in [-0.4, -0.2) is 24.2 Å². The predicted molar refractivity (Wildman–Crippen MR) is 42.8 cm³/mol. The molecule has 1 aliphatic heterocycles. The molecule has 1 heterocycles. The summed E-state index contributed by atoms with van der Waals surface area (Å²) in [7, 11) is 0. The second-order valence-corrected chi connectivity index (χ2v) is 4.05. The Bertz CT molecular complexity index is 201. The van der Waals surface area contributed by atoms with Gasteiger partial charge in [0, 0.05) is 6.92 Å². The molecule has 0 aromatic heterocycles. The van der Waals surface area contributed by atoms with Crippen molar-refractivity contribution < 1.29 is 24.0 Å². The van der Waals surface area contributed by atoms with Crippen molar-refractivity contribution in [1.29, 1.82) is 0 Å². The van der Waals surface area contributed by atoms with Crippen LogP contribution in [0.1, 0.15) is 27.7 Å². The van der Waals surface area contributed by atoms with Crippen molar-refractivity contribution in [3.63, 3.8) is 0 Å². The lowest BCUT2D eigenvalue weighted by Crippen LogP contribution is -2.49. The van der Waals surface area contributed by atoms with Crippen molar-refractivity contribution in [2.24, 2.45) is 0 Å². The fraction of sp³-hybridized carbons (Fsp3) is 0.875. The Morgan fingerprint density at radius 2 is 2.00 bits per heavy atom. The van der Waals surface area contributed by atoms with E-state index in [0.717, 1.165) is 0 Å². The first-order valence-corrected chi connectivity index (χ1v) is 4.03. The number of ether oxygens (including phenoxy) is 2. The molecule has 0 saturated carbocycles. The number of hydrogen-bond acceptors (Lipinski definition) is 5. The Morgan fingerprint density at radius 3 is 2.31 bits per heavy atom. The van der Waals surface area contributed by atoms with E-state index in [4.69, 9.17) is 9.47 Å². The molecule has 1 atom stereocenters. The number of carbonyl (C=O) groups is 1. The minimum atomic E-state index is -0.984. The van der Waals surface area contributed by atoms with Crippen molar-refractivity contribution in [2.75, 3.05) is 6.61 Å². The first kappa shape index (κ1) is 10.3. The molecular weight excluding hydrogens is 176 g/mol. The van der Waals surface area contributed by atoms with Gasteiger partial charge in [0.05, 0.1) is 0 Å². The first-order chi connectivity index (χ1) is 5.81. The molecule has 1 aliphatic rings. The van der Waals surface area contributed by atoms with E-state index in [1.54, 1.807) is 27.7 Å². The normalized spacial score (nSPS) is 27.7. The van der Waals surface area contributed by atoms with Crippen molar-refractivity contribution in [3.05, 3.63) is 0 Å². The summed E-state index contributed by atoms with van der Waals surface area (Å²) in [5.41, 5.74) is -0.557. The van der Waals surface area contributed by atoms with Crippen LogP contribution in [0.4, 0.5) is 4.79 Å². The van der Waals surface area contributed by atoms with E-state index in [2.05, 4.69) is 9.78 Å². The summed E-state index contributed by atoms with van der Waals surface area (Å²) in [6.07, 6.45) is -0.752. The van der Waals surface area contributed by atoms with Crippen LogP contribution in [0.25, 0.3) is 0 Å². The molecule has 5 nitrogen and oxygen atoms in total. The molecule has 1 saturated heterocycles. The molecule has 1 unspecified atom stereocenters. The number of rotatable bonds is 1. The maximum atomic E-state index is 11.1. The summed E-state index contributed by atoms with van der Waals surface area (Å²) < 4.78 is 9.75. The summed E-state index contributed by atoms with van der Waals surface area (Å²) in [6, 6.07) is 0. The molecule has 1 rings (SSSR count). The zero-order chi connectivity index (χ0) is 10.1. The highest BCUT2D eigenvalue weighted by Gasteiger charge is 2.41. The van der Waals surface area contributed by atoms with E-state index < -0.39 is 17.5 Å². The summed E-state index contributed by atoms with van der Waals surface area (Å²) in [5, 5.41) is 0. The van der Waals surface area contributed by atoms with Crippen LogP contribution < -0.4 is 0 Å². The van der Waals surface area contributed by atoms with Gasteiger partial charge >= 0.3 is 6.16 Å². The van der Waals surface area contributed by atoms with Gasteiger partial charge < -0.3 is 9.47 Å². The Hall–Kier alpha value is -0.810. The second-order valence-electron chi connectivity index (χ2n) is 4.05. The second kappa shape index (κ2) is 3.16. The van der Waals surface area contributed by atoms with Crippen molar-refractivity contribution >= 4 is 6.16 Å². The molecule has 0 spiro atoms. The zero-order valence-corrected chi connectivity index (χ0v) is 8.25. The lowest BCUT2D eigenvalue weighted by Gasteiger charge is -2.35. The van der Waals surface area contributed by atoms with Crippen LogP contribution in [0.15, 0.2) is 0 Å². The number of hydrogen-bond donors (Lipinski definition) is 0. The van der Waals surface area contributed by atoms with Gasteiger partial charge in [0.25, 0.3) is 5.79 Å². The SMILES string of the molecule is CC(C)(C)OC(=O)OC1(C)COO1. The van der Waals surface area contributed by atoms with Gasteiger partial charge in [0.2, 0.25) is 0 Å². The average molecular weight is 190 g/mol. The van der Waals surface area contributed by atoms with Crippen molar-refractivity contribution in [1.82, 2.24) is 0 Å². The predicted octanol–water partition coefficient (Wildman–Crippen LogP) is 1.62. The first-order valence-electron chi connectivity index (χ1n) is 4.03. The fourth-order valence-corrected chi connectivity index (χ4v) is 0.718.